The summed E-state index contributed by atoms with van der Waals surface area (Å²) in [5.74, 6) is -1.33. The standard InChI is InChI=1S/C65H126O17P2/c1-6-9-12-15-17-19-30-34-39-44-49-63(68)76-55-61(82-65(70)51-46-41-36-32-28-26-24-22-21-23-25-27-29-33-38-42-47-58(4)5)57-80-84(73,74)78-53-59(66)52-77-83(71,72)79-56-60(54-75-62(67)48-43-37-14-11-8-3)81-64(69)50-45-40-35-31-20-18-16-13-10-7-2/h58-61,66H,6-57H2,1-5H3,(H,71,72)(H,73,74)/t59-,60+,61+/m0/s1. The van der Waals surface area contributed by atoms with Gasteiger partial charge in [0, 0.05) is 25.7 Å². The topological polar surface area (TPSA) is 237 Å². The summed E-state index contributed by atoms with van der Waals surface area (Å²) in [6.45, 7) is 7.13. The molecule has 17 nitrogen and oxygen atoms in total. The largest absolute Gasteiger partial charge is 0.472 e. The normalized spacial score (nSPS) is 14.2. The van der Waals surface area contributed by atoms with E-state index in [0.29, 0.717) is 25.7 Å². The summed E-state index contributed by atoms with van der Waals surface area (Å²) in [6.07, 6.45) is 43.4. The smallest absolute Gasteiger partial charge is 0.462 e. The van der Waals surface area contributed by atoms with Crippen LogP contribution in [-0.2, 0) is 65.4 Å². The van der Waals surface area contributed by atoms with Crippen LogP contribution in [0.15, 0.2) is 0 Å². The quantitative estimate of drug-likeness (QED) is 0.0222. The van der Waals surface area contributed by atoms with Gasteiger partial charge in [0.05, 0.1) is 26.4 Å². The van der Waals surface area contributed by atoms with Gasteiger partial charge in [-0.2, -0.15) is 0 Å². The fraction of sp³-hybridized carbons (Fsp3) is 0.938. The Labute approximate surface area is 511 Å². The second-order valence-corrected chi connectivity index (χ2v) is 26.9. The van der Waals surface area contributed by atoms with Crippen LogP contribution in [0.4, 0.5) is 0 Å². The van der Waals surface area contributed by atoms with Crippen LogP contribution >= 0.6 is 15.6 Å². The summed E-state index contributed by atoms with van der Waals surface area (Å²) in [4.78, 5) is 71.9. The molecule has 0 aliphatic rings. The lowest BCUT2D eigenvalue weighted by Gasteiger charge is -2.21. The first-order valence-corrected chi connectivity index (χ1v) is 37.1. The summed E-state index contributed by atoms with van der Waals surface area (Å²) >= 11 is 0. The van der Waals surface area contributed by atoms with E-state index in [9.17, 15) is 43.2 Å². The maximum Gasteiger partial charge on any atom is 0.472 e. The highest BCUT2D eigenvalue weighted by Gasteiger charge is 2.30. The van der Waals surface area contributed by atoms with Gasteiger partial charge in [-0.05, 0) is 31.6 Å². The minimum absolute atomic E-state index is 0.106. The maximum absolute atomic E-state index is 13.0. The first-order valence-electron chi connectivity index (χ1n) is 34.1. The molecule has 0 rings (SSSR count). The minimum atomic E-state index is -4.94. The Morgan fingerprint density at radius 1 is 0.321 bits per heavy atom. The summed E-state index contributed by atoms with van der Waals surface area (Å²) < 4.78 is 67.8. The molecule has 0 aliphatic heterocycles. The number of rotatable bonds is 65. The molecule has 3 N–H and O–H groups in total. The van der Waals surface area contributed by atoms with E-state index in [4.69, 9.17) is 37.0 Å². The van der Waals surface area contributed by atoms with E-state index in [1.807, 2.05) is 0 Å². The molecule has 84 heavy (non-hydrogen) atoms. The Hall–Kier alpha value is -1.94. The number of phosphoric ester groups is 2. The van der Waals surface area contributed by atoms with Gasteiger partial charge in [0.1, 0.15) is 19.3 Å². The van der Waals surface area contributed by atoms with Crippen LogP contribution in [0, 0.1) is 5.92 Å². The van der Waals surface area contributed by atoms with Gasteiger partial charge in [-0.1, -0.05) is 279 Å². The van der Waals surface area contributed by atoms with Crippen LogP contribution < -0.4 is 0 Å². The van der Waals surface area contributed by atoms with Gasteiger partial charge in [-0.25, -0.2) is 9.13 Å². The molecule has 0 bridgehead atoms. The number of hydrogen-bond donors (Lipinski definition) is 3. The van der Waals surface area contributed by atoms with Crippen molar-refractivity contribution in [1.29, 1.82) is 0 Å². The van der Waals surface area contributed by atoms with Gasteiger partial charge >= 0.3 is 39.5 Å². The molecule has 498 valence electrons. The van der Waals surface area contributed by atoms with E-state index < -0.39 is 97.5 Å². The Bertz CT molecular complexity index is 1640. The predicted octanol–water partition coefficient (Wildman–Crippen LogP) is 18.2. The Morgan fingerprint density at radius 3 is 0.810 bits per heavy atom. The average Bonchev–Trinajstić information content (AvgIpc) is 3.62. The lowest BCUT2D eigenvalue weighted by atomic mass is 10.0. The highest BCUT2D eigenvalue weighted by atomic mass is 31.2. The number of esters is 4. The summed E-state index contributed by atoms with van der Waals surface area (Å²) in [5, 5.41) is 10.5. The number of carbonyl (C=O) groups is 4. The summed E-state index contributed by atoms with van der Waals surface area (Å²) in [5.41, 5.74) is 0. The van der Waals surface area contributed by atoms with Crippen LogP contribution in [0.25, 0.3) is 0 Å². The number of unbranched alkanes of at least 4 members (excludes halogenated alkanes) is 37. The Morgan fingerprint density at radius 2 is 0.548 bits per heavy atom. The monoisotopic (exact) mass is 1240 g/mol. The molecule has 0 aromatic rings. The SMILES string of the molecule is CCCCCCCCCCCCC(=O)OC[C@H](COP(=O)(O)OC[C@@H](O)COP(=O)(O)OC[C@@H](COC(=O)CCCCCCC)OC(=O)CCCCCCCCCCCC)OC(=O)CCCCCCCCCCCCCCCCCCC(C)C. The molecular formula is C65H126O17P2. The Balaban J connectivity index is 5.11. The number of carbonyl (C=O) groups excluding carboxylic acids is 4. The molecule has 0 radical (unpaired) electrons. The zero-order valence-corrected chi connectivity index (χ0v) is 55.8. The van der Waals surface area contributed by atoms with E-state index >= 15 is 0 Å². The van der Waals surface area contributed by atoms with Gasteiger partial charge < -0.3 is 33.8 Å². The lowest BCUT2D eigenvalue weighted by molar-refractivity contribution is -0.161. The molecule has 0 heterocycles. The molecule has 19 heteroatoms. The van der Waals surface area contributed by atoms with Crippen LogP contribution in [0.1, 0.15) is 330 Å². The van der Waals surface area contributed by atoms with Crippen LogP contribution in [0.5, 0.6) is 0 Å². The van der Waals surface area contributed by atoms with Gasteiger partial charge in [-0.15, -0.1) is 0 Å². The van der Waals surface area contributed by atoms with Gasteiger partial charge in [0.2, 0.25) is 0 Å². The van der Waals surface area contributed by atoms with E-state index in [2.05, 4.69) is 34.6 Å². The molecule has 5 atom stereocenters. The molecule has 2 unspecified atom stereocenters. The number of phosphoric acid groups is 2. The zero-order chi connectivity index (χ0) is 62.0. The van der Waals surface area contributed by atoms with Crippen molar-refractivity contribution in [3.63, 3.8) is 0 Å². The van der Waals surface area contributed by atoms with Gasteiger partial charge in [0.15, 0.2) is 12.2 Å². The van der Waals surface area contributed by atoms with Crippen molar-refractivity contribution in [2.75, 3.05) is 39.6 Å². The van der Waals surface area contributed by atoms with Crippen LogP contribution in [0.2, 0.25) is 0 Å². The molecule has 0 aromatic heterocycles. The summed E-state index contributed by atoms with van der Waals surface area (Å²) in [6, 6.07) is 0. The van der Waals surface area contributed by atoms with Crippen molar-refractivity contribution in [2.24, 2.45) is 5.92 Å². The third-order valence-corrected chi connectivity index (χ3v) is 16.9. The average molecular weight is 1240 g/mol. The fourth-order valence-electron chi connectivity index (χ4n) is 9.76. The third-order valence-electron chi connectivity index (χ3n) is 15.0. The van der Waals surface area contributed by atoms with Gasteiger partial charge in [-0.3, -0.25) is 37.3 Å². The minimum Gasteiger partial charge on any atom is -0.462 e. The molecular weight excluding hydrogens is 1110 g/mol. The maximum atomic E-state index is 13.0. The van der Waals surface area contributed by atoms with Crippen molar-refractivity contribution < 1.29 is 80.2 Å². The molecule has 0 saturated carbocycles. The Kier molecular flexibility index (Phi) is 57.4. The fourth-order valence-corrected chi connectivity index (χ4v) is 11.3. The van der Waals surface area contributed by atoms with Crippen LogP contribution in [0.3, 0.4) is 0 Å². The number of aliphatic hydroxyl groups excluding tert-OH is 1. The molecule has 0 aliphatic carbocycles. The second kappa shape index (κ2) is 58.7. The van der Waals surface area contributed by atoms with Crippen molar-refractivity contribution in [3.05, 3.63) is 0 Å². The molecule has 0 amide bonds. The third kappa shape index (κ3) is 59.0. The number of aliphatic hydroxyl groups is 1. The second-order valence-electron chi connectivity index (χ2n) is 24.0. The van der Waals surface area contributed by atoms with E-state index in [1.54, 1.807) is 0 Å². The van der Waals surface area contributed by atoms with E-state index in [0.717, 1.165) is 102 Å². The lowest BCUT2D eigenvalue weighted by Crippen LogP contribution is -2.30. The molecule has 0 fully saturated rings. The first kappa shape index (κ1) is 82.1. The number of hydrogen-bond acceptors (Lipinski definition) is 15. The van der Waals surface area contributed by atoms with Crippen molar-refractivity contribution in [3.8, 4) is 0 Å². The molecule has 0 saturated heterocycles. The van der Waals surface area contributed by atoms with Crippen molar-refractivity contribution >= 4 is 39.5 Å². The molecule has 0 spiro atoms. The predicted molar refractivity (Wildman–Crippen MR) is 335 cm³/mol. The van der Waals surface area contributed by atoms with E-state index in [1.165, 1.54) is 148 Å². The zero-order valence-electron chi connectivity index (χ0n) is 54.0. The first-order chi connectivity index (χ1) is 40.5. The summed E-state index contributed by atoms with van der Waals surface area (Å²) in [7, 11) is -9.88. The van der Waals surface area contributed by atoms with Crippen LogP contribution in [-0.4, -0.2) is 96.7 Å². The van der Waals surface area contributed by atoms with Gasteiger partial charge in [0.25, 0.3) is 0 Å². The van der Waals surface area contributed by atoms with E-state index in [-0.39, 0.29) is 25.7 Å². The highest BCUT2D eigenvalue weighted by molar-refractivity contribution is 7.47. The molecule has 0 aromatic carbocycles. The van der Waals surface area contributed by atoms with Crippen molar-refractivity contribution in [2.45, 2.75) is 348 Å². The highest BCUT2D eigenvalue weighted by Crippen LogP contribution is 2.45. The number of ether oxygens (including phenoxy) is 4. The van der Waals surface area contributed by atoms with Crippen molar-refractivity contribution in [1.82, 2.24) is 0 Å².